The zero-order valence-electron chi connectivity index (χ0n) is 11.2. The number of rotatable bonds is 3. The highest BCUT2D eigenvalue weighted by Crippen LogP contribution is 2.32. The van der Waals surface area contributed by atoms with Gasteiger partial charge in [0.25, 0.3) is 0 Å². The third-order valence-electron chi connectivity index (χ3n) is 4.14. The molecule has 2 aromatic rings. The lowest BCUT2D eigenvalue weighted by molar-refractivity contribution is -0.124. The predicted octanol–water partition coefficient (Wildman–Crippen LogP) is 2.40. The van der Waals surface area contributed by atoms with E-state index in [1.165, 1.54) is 10.1 Å². The molecule has 1 saturated heterocycles. The number of fused-ring (bicyclic) bond motifs is 1. The SMILES string of the molecule is O=C(NC1CC1)C1CCN(c2nccc3sccc23)C1. The van der Waals surface area contributed by atoms with E-state index in [-0.39, 0.29) is 11.8 Å². The van der Waals surface area contributed by atoms with Gasteiger partial charge in [-0.2, -0.15) is 0 Å². The van der Waals surface area contributed by atoms with Gasteiger partial charge in [0.05, 0.1) is 5.92 Å². The molecule has 1 aliphatic heterocycles. The van der Waals surface area contributed by atoms with Gasteiger partial charge in [-0.05, 0) is 36.8 Å². The van der Waals surface area contributed by atoms with Crippen molar-refractivity contribution in [3.8, 4) is 0 Å². The fraction of sp³-hybridized carbons (Fsp3) is 0.467. The molecule has 2 aromatic heterocycles. The van der Waals surface area contributed by atoms with Crippen molar-refractivity contribution in [3.63, 3.8) is 0 Å². The minimum atomic E-state index is 0.117. The minimum absolute atomic E-state index is 0.117. The number of aromatic nitrogens is 1. The van der Waals surface area contributed by atoms with Crippen LogP contribution < -0.4 is 10.2 Å². The number of carbonyl (C=O) groups excluding carboxylic acids is 1. The molecule has 104 valence electrons. The summed E-state index contributed by atoms with van der Waals surface area (Å²) >= 11 is 1.74. The van der Waals surface area contributed by atoms with Crippen LogP contribution in [-0.4, -0.2) is 30.0 Å². The van der Waals surface area contributed by atoms with Crippen LogP contribution in [0.2, 0.25) is 0 Å². The van der Waals surface area contributed by atoms with Crippen molar-refractivity contribution in [1.82, 2.24) is 10.3 Å². The monoisotopic (exact) mass is 287 g/mol. The maximum Gasteiger partial charge on any atom is 0.225 e. The van der Waals surface area contributed by atoms with Gasteiger partial charge in [0, 0.05) is 35.4 Å². The van der Waals surface area contributed by atoms with E-state index in [0.29, 0.717) is 6.04 Å². The molecule has 4 nitrogen and oxygen atoms in total. The third kappa shape index (κ3) is 2.16. The summed E-state index contributed by atoms with van der Waals surface area (Å²) in [6.07, 6.45) is 5.10. The Kier molecular flexibility index (Phi) is 2.88. The molecule has 0 spiro atoms. The Bertz CT molecular complexity index is 649. The van der Waals surface area contributed by atoms with Crippen LogP contribution in [0.4, 0.5) is 5.82 Å². The second-order valence-electron chi connectivity index (χ2n) is 5.68. The maximum atomic E-state index is 12.1. The molecule has 2 fully saturated rings. The summed E-state index contributed by atoms with van der Waals surface area (Å²) in [5.41, 5.74) is 0. The van der Waals surface area contributed by atoms with Crippen molar-refractivity contribution in [1.29, 1.82) is 0 Å². The first-order valence-electron chi connectivity index (χ1n) is 7.19. The van der Waals surface area contributed by atoms with Gasteiger partial charge in [-0.3, -0.25) is 4.79 Å². The Balaban J connectivity index is 1.52. The Morgan fingerprint density at radius 1 is 1.35 bits per heavy atom. The molecule has 1 amide bonds. The van der Waals surface area contributed by atoms with Crippen molar-refractivity contribution in [2.75, 3.05) is 18.0 Å². The summed E-state index contributed by atoms with van der Waals surface area (Å²) in [5, 5.41) is 6.43. The van der Waals surface area contributed by atoms with Crippen LogP contribution in [0.3, 0.4) is 0 Å². The Hall–Kier alpha value is -1.62. The van der Waals surface area contributed by atoms with Gasteiger partial charge in [0.2, 0.25) is 5.91 Å². The standard InChI is InChI=1S/C15H17N3OS/c19-15(17-11-1-2-11)10-4-7-18(9-10)14-12-5-8-20-13(12)3-6-16-14/h3,5-6,8,10-11H,1-2,4,7,9H2,(H,17,19). The number of nitrogens with one attached hydrogen (secondary N) is 1. The van der Waals surface area contributed by atoms with E-state index in [9.17, 15) is 4.79 Å². The van der Waals surface area contributed by atoms with Gasteiger partial charge in [0.1, 0.15) is 5.82 Å². The van der Waals surface area contributed by atoms with Crippen LogP contribution in [0.1, 0.15) is 19.3 Å². The van der Waals surface area contributed by atoms with Crippen molar-refractivity contribution >= 4 is 33.1 Å². The van der Waals surface area contributed by atoms with E-state index >= 15 is 0 Å². The van der Waals surface area contributed by atoms with E-state index < -0.39 is 0 Å². The van der Waals surface area contributed by atoms with E-state index in [1.807, 2.05) is 6.20 Å². The number of hydrogen-bond donors (Lipinski definition) is 1. The van der Waals surface area contributed by atoms with E-state index in [4.69, 9.17) is 0 Å². The molecule has 0 bridgehead atoms. The Morgan fingerprint density at radius 2 is 2.25 bits per heavy atom. The molecule has 1 atom stereocenters. The molecule has 1 N–H and O–H groups in total. The molecule has 20 heavy (non-hydrogen) atoms. The van der Waals surface area contributed by atoms with Crippen LogP contribution in [0.5, 0.6) is 0 Å². The largest absolute Gasteiger partial charge is 0.355 e. The molecule has 5 heteroatoms. The van der Waals surface area contributed by atoms with Gasteiger partial charge in [0.15, 0.2) is 0 Å². The zero-order chi connectivity index (χ0) is 13.5. The summed E-state index contributed by atoms with van der Waals surface area (Å²) in [6.45, 7) is 1.71. The quantitative estimate of drug-likeness (QED) is 0.943. The van der Waals surface area contributed by atoms with Crippen molar-refractivity contribution in [2.45, 2.75) is 25.3 Å². The van der Waals surface area contributed by atoms with Crippen LogP contribution in [0, 0.1) is 5.92 Å². The first-order valence-corrected chi connectivity index (χ1v) is 8.07. The summed E-state index contributed by atoms with van der Waals surface area (Å²) in [7, 11) is 0. The summed E-state index contributed by atoms with van der Waals surface area (Å²) in [6, 6.07) is 4.63. The highest BCUT2D eigenvalue weighted by Gasteiger charge is 2.32. The summed E-state index contributed by atoms with van der Waals surface area (Å²) in [4.78, 5) is 18.9. The first kappa shape index (κ1) is 12.1. The van der Waals surface area contributed by atoms with E-state index in [2.05, 4.69) is 32.7 Å². The molecule has 3 heterocycles. The number of nitrogens with zero attached hydrogens (tertiary/aromatic N) is 2. The highest BCUT2D eigenvalue weighted by molar-refractivity contribution is 7.17. The lowest BCUT2D eigenvalue weighted by Crippen LogP contribution is -2.34. The van der Waals surface area contributed by atoms with Crippen LogP contribution in [0.15, 0.2) is 23.7 Å². The van der Waals surface area contributed by atoms with Gasteiger partial charge in [-0.25, -0.2) is 4.98 Å². The number of anilines is 1. The molecule has 1 saturated carbocycles. The van der Waals surface area contributed by atoms with Crippen molar-refractivity contribution in [3.05, 3.63) is 23.7 Å². The third-order valence-corrected chi connectivity index (χ3v) is 5.02. The smallest absolute Gasteiger partial charge is 0.225 e. The predicted molar refractivity (Wildman–Crippen MR) is 81.1 cm³/mol. The molecule has 2 aliphatic rings. The second-order valence-corrected chi connectivity index (χ2v) is 6.63. The molecular weight excluding hydrogens is 270 g/mol. The van der Waals surface area contributed by atoms with Crippen LogP contribution >= 0.6 is 11.3 Å². The van der Waals surface area contributed by atoms with Crippen LogP contribution in [-0.2, 0) is 4.79 Å². The van der Waals surface area contributed by atoms with Gasteiger partial charge in [-0.15, -0.1) is 11.3 Å². The minimum Gasteiger partial charge on any atom is -0.355 e. The van der Waals surface area contributed by atoms with Crippen molar-refractivity contribution < 1.29 is 4.79 Å². The Labute approximate surface area is 121 Å². The molecule has 1 aliphatic carbocycles. The average Bonchev–Trinajstić information content (AvgIpc) is 2.97. The normalized spacial score (nSPS) is 22.4. The van der Waals surface area contributed by atoms with Gasteiger partial charge < -0.3 is 10.2 Å². The fourth-order valence-electron chi connectivity index (χ4n) is 2.85. The summed E-state index contributed by atoms with van der Waals surface area (Å²) < 4.78 is 1.26. The first-order chi connectivity index (χ1) is 9.81. The number of hydrogen-bond acceptors (Lipinski definition) is 4. The summed E-state index contributed by atoms with van der Waals surface area (Å²) in [5.74, 6) is 1.38. The van der Waals surface area contributed by atoms with Gasteiger partial charge >= 0.3 is 0 Å². The fourth-order valence-corrected chi connectivity index (χ4v) is 3.62. The maximum absolute atomic E-state index is 12.1. The van der Waals surface area contributed by atoms with E-state index in [0.717, 1.165) is 38.2 Å². The lowest BCUT2D eigenvalue weighted by atomic mass is 10.1. The molecule has 1 unspecified atom stereocenters. The second kappa shape index (κ2) is 4.74. The van der Waals surface area contributed by atoms with Gasteiger partial charge in [-0.1, -0.05) is 0 Å². The molecule has 0 radical (unpaired) electrons. The highest BCUT2D eigenvalue weighted by atomic mass is 32.1. The molecular formula is C15H17N3OS. The number of pyridine rings is 1. The Morgan fingerprint density at radius 3 is 3.10 bits per heavy atom. The molecule has 0 aromatic carbocycles. The number of carbonyl (C=O) groups is 1. The lowest BCUT2D eigenvalue weighted by Gasteiger charge is -2.18. The molecule has 4 rings (SSSR count). The van der Waals surface area contributed by atoms with Crippen molar-refractivity contribution in [2.24, 2.45) is 5.92 Å². The number of thiophene rings is 1. The average molecular weight is 287 g/mol. The van der Waals surface area contributed by atoms with E-state index in [1.54, 1.807) is 11.3 Å². The topological polar surface area (TPSA) is 45.2 Å². The zero-order valence-corrected chi connectivity index (χ0v) is 12.0. The van der Waals surface area contributed by atoms with Crippen LogP contribution in [0.25, 0.3) is 10.1 Å². The number of amides is 1.